The van der Waals surface area contributed by atoms with Crippen molar-refractivity contribution in [3.05, 3.63) is 100 Å². The third-order valence-corrected chi connectivity index (χ3v) is 5.04. The minimum atomic E-state index is 0.332. The first-order valence-electron chi connectivity index (χ1n) is 7.54. The zero-order valence-corrected chi connectivity index (χ0v) is 12.0. The molecule has 6 rings (SSSR count). The van der Waals surface area contributed by atoms with Crippen LogP contribution in [0.4, 0.5) is 0 Å². The van der Waals surface area contributed by atoms with Gasteiger partial charge < -0.3 is 0 Å². The van der Waals surface area contributed by atoms with Gasteiger partial charge in [0.25, 0.3) is 0 Å². The van der Waals surface area contributed by atoms with Crippen LogP contribution in [0.25, 0.3) is 0 Å². The zero-order valence-electron chi connectivity index (χ0n) is 12.0. The average Bonchev–Trinajstić information content (AvgIpc) is 2.55. The van der Waals surface area contributed by atoms with Gasteiger partial charge in [0.2, 0.25) is 6.04 Å². The van der Waals surface area contributed by atoms with Gasteiger partial charge in [-0.25, -0.2) is 0 Å². The molecule has 1 heteroatoms. The van der Waals surface area contributed by atoms with E-state index in [4.69, 9.17) is 0 Å². The van der Waals surface area contributed by atoms with Gasteiger partial charge in [0, 0.05) is 23.3 Å². The molecule has 100 valence electrons. The molecule has 1 aromatic heterocycles. The van der Waals surface area contributed by atoms with Crippen molar-refractivity contribution in [2.75, 3.05) is 0 Å². The molecule has 0 fully saturated rings. The molecule has 2 atom stereocenters. The fourth-order valence-corrected chi connectivity index (χ4v) is 4.23. The number of aryl methyl sites for hydroxylation is 1. The molecule has 2 aromatic carbocycles. The molecular formula is C20H16N+. The van der Waals surface area contributed by atoms with Gasteiger partial charge in [0.05, 0.1) is 5.92 Å². The van der Waals surface area contributed by atoms with Gasteiger partial charge in [-0.05, 0) is 23.6 Å². The minimum absolute atomic E-state index is 0.332. The van der Waals surface area contributed by atoms with Crippen LogP contribution in [-0.2, 0) is 0 Å². The highest BCUT2D eigenvalue weighted by molar-refractivity contribution is 5.58. The minimum Gasteiger partial charge on any atom is -0.190 e. The molecule has 1 nitrogen and oxygen atoms in total. The Hall–Kier alpha value is -2.41. The van der Waals surface area contributed by atoms with Crippen LogP contribution in [0.5, 0.6) is 0 Å². The van der Waals surface area contributed by atoms with Crippen molar-refractivity contribution in [3.8, 4) is 0 Å². The molecule has 0 spiro atoms. The van der Waals surface area contributed by atoms with Crippen molar-refractivity contribution in [1.82, 2.24) is 0 Å². The van der Waals surface area contributed by atoms with Crippen molar-refractivity contribution in [2.45, 2.75) is 18.9 Å². The number of nitrogens with zero attached hydrogens (tertiary/aromatic N) is 1. The smallest absolute Gasteiger partial charge is 0.190 e. The molecule has 0 amide bonds. The lowest BCUT2D eigenvalue weighted by molar-refractivity contribution is -0.717. The molecule has 0 saturated carbocycles. The zero-order chi connectivity index (χ0) is 14.0. The second kappa shape index (κ2) is 3.82. The summed E-state index contributed by atoms with van der Waals surface area (Å²) in [5, 5.41) is 0. The molecule has 3 aromatic rings. The number of benzene rings is 2. The molecule has 3 aliphatic rings. The first kappa shape index (κ1) is 11.3. The molecule has 1 aliphatic carbocycles. The van der Waals surface area contributed by atoms with E-state index in [2.05, 4.69) is 78.4 Å². The van der Waals surface area contributed by atoms with E-state index in [0.717, 1.165) is 0 Å². The van der Waals surface area contributed by atoms with Crippen LogP contribution < -0.4 is 4.57 Å². The van der Waals surface area contributed by atoms with Crippen LogP contribution in [0, 0.1) is 6.92 Å². The lowest BCUT2D eigenvalue weighted by atomic mass is 9.69. The Balaban J connectivity index is 1.95. The summed E-state index contributed by atoms with van der Waals surface area (Å²) in [6.45, 7) is 2.24. The van der Waals surface area contributed by atoms with Crippen molar-refractivity contribution < 1.29 is 4.57 Å². The molecular weight excluding hydrogens is 254 g/mol. The number of hydrogen-bond acceptors (Lipinski definition) is 0. The van der Waals surface area contributed by atoms with Crippen molar-refractivity contribution in [3.63, 3.8) is 0 Å². The molecule has 2 aliphatic heterocycles. The number of aromatic nitrogens is 1. The van der Waals surface area contributed by atoms with Gasteiger partial charge in [-0.1, -0.05) is 48.5 Å². The standard InChI is InChI=1S/C20H16N/c1-13-7-6-10-16-18(13)20-15-9-3-2-8-14(15)19(16)17-11-4-5-12-21(17)20/h2-12,19-20H,1H3/q+1. The Morgan fingerprint density at radius 3 is 2.43 bits per heavy atom. The highest BCUT2D eigenvalue weighted by Gasteiger charge is 2.47. The maximum Gasteiger partial charge on any atom is 0.210 e. The lowest BCUT2D eigenvalue weighted by Gasteiger charge is -2.37. The van der Waals surface area contributed by atoms with Crippen LogP contribution in [0.15, 0.2) is 66.9 Å². The van der Waals surface area contributed by atoms with Crippen molar-refractivity contribution in [1.29, 1.82) is 0 Å². The summed E-state index contributed by atoms with van der Waals surface area (Å²) in [6, 6.07) is 22.6. The van der Waals surface area contributed by atoms with E-state index in [-0.39, 0.29) is 0 Å². The predicted molar refractivity (Wildman–Crippen MR) is 82.4 cm³/mol. The van der Waals surface area contributed by atoms with Gasteiger partial charge in [0.1, 0.15) is 0 Å². The summed E-state index contributed by atoms with van der Waals surface area (Å²) in [6.07, 6.45) is 2.23. The van der Waals surface area contributed by atoms with Crippen LogP contribution in [-0.4, -0.2) is 0 Å². The summed E-state index contributed by atoms with van der Waals surface area (Å²) in [4.78, 5) is 0. The lowest BCUT2D eigenvalue weighted by Crippen LogP contribution is -2.52. The summed E-state index contributed by atoms with van der Waals surface area (Å²) in [5.74, 6) is 0.377. The Morgan fingerprint density at radius 1 is 0.762 bits per heavy atom. The number of rotatable bonds is 0. The van der Waals surface area contributed by atoms with Crippen LogP contribution in [0.2, 0.25) is 0 Å². The SMILES string of the molecule is Cc1cccc2c1C1c3ccccc3C2c2cccc[n+]21. The van der Waals surface area contributed by atoms with E-state index in [1.165, 1.54) is 33.5 Å². The quantitative estimate of drug-likeness (QED) is 0.378. The molecule has 0 N–H and O–H groups in total. The maximum atomic E-state index is 2.46. The van der Waals surface area contributed by atoms with Gasteiger partial charge in [0.15, 0.2) is 11.9 Å². The third kappa shape index (κ3) is 1.29. The predicted octanol–water partition coefficient (Wildman–Crippen LogP) is 3.73. The fraction of sp³-hybridized carbons (Fsp3) is 0.150. The number of pyridine rings is 1. The third-order valence-electron chi connectivity index (χ3n) is 5.04. The molecule has 21 heavy (non-hydrogen) atoms. The topological polar surface area (TPSA) is 3.88 Å². The Kier molecular flexibility index (Phi) is 2.05. The second-order valence-electron chi connectivity index (χ2n) is 6.08. The van der Waals surface area contributed by atoms with E-state index < -0.39 is 0 Å². The molecule has 0 saturated heterocycles. The second-order valence-corrected chi connectivity index (χ2v) is 6.08. The summed E-state index contributed by atoms with van der Waals surface area (Å²) < 4.78 is 2.46. The van der Waals surface area contributed by atoms with Gasteiger partial charge in [-0.15, -0.1) is 0 Å². The molecule has 2 unspecified atom stereocenters. The summed E-state index contributed by atoms with van der Waals surface area (Å²) >= 11 is 0. The molecule has 0 radical (unpaired) electrons. The van der Waals surface area contributed by atoms with Crippen LogP contribution >= 0.6 is 0 Å². The van der Waals surface area contributed by atoms with E-state index in [0.29, 0.717) is 12.0 Å². The van der Waals surface area contributed by atoms with Crippen molar-refractivity contribution >= 4 is 0 Å². The van der Waals surface area contributed by atoms with E-state index >= 15 is 0 Å². The van der Waals surface area contributed by atoms with E-state index in [1.54, 1.807) is 0 Å². The Labute approximate surface area is 124 Å². The Morgan fingerprint density at radius 2 is 1.52 bits per heavy atom. The fourth-order valence-electron chi connectivity index (χ4n) is 4.23. The average molecular weight is 270 g/mol. The van der Waals surface area contributed by atoms with Crippen LogP contribution in [0.1, 0.15) is 45.5 Å². The van der Waals surface area contributed by atoms with Crippen LogP contribution in [0.3, 0.4) is 0 Å². The first-order valence-corrected chi connectivity index (χ1v) is 7.54. The summed E-state index contributed by atoms with van der Waals surface area (Å²) in [5.41, 5.74) is 8.76. The van der Waals surface area contributed by atoms with Gasteiger partial charge >= 0.3 is 0 Å². The number of hydrogen-bond donors (Lipinski definition) is 0. The van der Waals surface area contributed by atoms with E-state index in [1.807, 2.05) is 0 Å². The van der Waals surface area contributed by atoms with Gasteiger partial charge in [-0.3, -0.25) is 0 Å². The molecule has 2 bridgehead atoms. The van der Waals surface area contributed by atoms with Crippen molar-refractivity contribution in [2.24, 2.45) is 0 Å². The largest absolute Gasteiger partial charge is 0.210 e. The Bertz CT molecular complexity index is 831. The first-order chi connectivity index (χ1) is 10.4. The maximum absolute atomic E-state index is 2.46. The highest BCUT2D eigenvalue weighted by Crippen LogP contribution is 2.49. The highest BCUT2D eigenvalue weighted by atomic mass is 15.0. The monoisotopic (exact) mass is 270 g/mol. The summed E-state index contributed by atoms with van der Waals surface area (Å²) in [7, 11) is 0. The normalized spacial score (nSPS) is 20.6. The van der Waals surface area contributed by atoms with E-state index in [9.17, 15) is 0 Å². The molecule has 3 heterocycles. The van der Waals surface area contributed by atoms with Gasteiger partial charge in [-0.2, -0.15) is 4.57 Å².